The first-order valence-corrected chi connectivity index (χ1v) is 7.00. The van der Waals surface area contributed by atoms with E-state index in [1.807, 2.05) is 0 Å². The normalized spacial score (nSPS) is 10.6. The monoisotopic (exact) mass is 323 g/mol. The third kappa shape index (κ3) is 3.94. The number of halogens is 2. The zero-order valence-corrected chi connectivity index (χ0v) is 12.4. The largest absolute Gasteiger partial charge is 0.478 e. The standard InChI is InChI=1S/C16H15F2NO4/c1-2-13-10(16(21)22)8-14(23-13)15(20)19-6-5-9-3-4-11(17)12(18)7-9/h3-4,7-8H,2,5-6H2,1H3,(H,19,20)(H,21,22). The van der Waals surface area contributed by atoms with Crippen molar-refractivity contribution >= 4 is 11.9 Å². The lowest BCUT2D eigenvalue weighted by Gasteiger charge is -2.04. The van der Waals surface area contributed by atoms with Crippen LogP contribution in [0, 0.1) is 11.6 Å². The molecule has 0 fully saturated rings. The van der Waals surface area contributed by atoms with Crippen molar-refractivity contribution in [2.24, 2.45) is 0 Å². The molecular formula is C16H15F2NO4. The van der Waals surface area contributed by atoms with Gasteiger partial charge in [-0.15, -0.1) is 0 Å². The van der Waals surface area contributed by atoms with Gasteiger partial charge in [-0.25, -0.2) is 13.6 Å². The first-order valence-electron chi connectivity index (χ1n) is 7.00. The number of carbonyl (C=O) groups is 2. The van der Waals surface area contributed by atoms with Crippen molar-refractivity contribution < 1.29 is 27.9 Å². The molecule has 122 valence electrons. The summed E-state index contributed by atoms with van der Waals surface area (Å²) >= 11 is 0. The van der Waals surface area contributed by atoms with E-state index in [2.05, 4.69) is 5.32 Å². The number of hydrogen-bond donors (Lipinski definition) is 2. The summed E-state index contributed by atoms with van der Waals surface area (Å²) in [4.78, 5) is 22.9. The second-order valence-corrected chi connectivity index (χ2v) is 4.86. The summed E-state index contributed by atoms with van der Waals surface area (Å²) in [6.07, 6.45) is 0.653. The Morgan fingerprint density at radius 3 is 2.52 bits per heavy atom. The fourth-order valence-corrected chi connectivity index (χ4v) is 2.09. The maximum Gasteiger partial charge on any atom is 0.339 e. The number of carbonyl (C=O) groups excluding carboxylic acids is 1. The van der Waals surface area contributed by atoms with Gasteiger partial charge in [-0.05, 0) is 24.1 Å². The van der Waals surface area contributed by atoms with Crippen molar-refractivity contribution in [2.75, 3.05) is 6.54 Å². The highest BCUT2D eigenvalue weighted by molar-refractivity contribution is 5.96. The Morgan fingerprint density at radius 1 is 1.22 bits per heavy atom. The number of aromatic carboxylic acids is 1. The fraction of sp³-hybridized carbons (Fsp3) is 0.250. The van der Waals surface area contributed by atoms with E-state index in [-0.39, 0.29) is 23.6 Å². The van der Waals surface area contributed by atoms with Gasteiger partial charge in [-0.3, -0.25) is 4.79 Å². The average molecular weight is 323 g/mol. The zero-order chi connectivity index (χ0) is 17.0. The van der Waals surface area contributed by atoms with E-state index in [0.717, 1.165) is 12.1 Å². The van der Waals surface area contributed by atoms with Gasteiger partial charge in [-0.1, -0.05) is 13.0 Å². The van der Waals surface area contributed by atoms with Crippen LogP contribution in [0.2, 0.25) is 0 Å². The minimum Gasteiger partial charge on any atom is -0.478 e. The topological polar surface area (TPSA) is 79.5 Å². The molecule has 2 rings (SSSR count). The summed E-state index contributed by atoms with van der Waals surface area (Å²) in [6.45, 7) is 1.89. The van der Waals surface area contributed by atoms with Crippen LogP contribution in [0.3, 0.4) is 0 Å². The summed E-state index contributed by atoms with van der Waals surface area (Å²) in [7, 11) is 0. The molecule has 1 amide bonds. The van der Waals surface area contributed by atoms with Crippen molar-refractivity contribution in [2.45, 2.75) is 19.8 Å². The van der Waals surface area contributed by atoms with Gasteiger partial charge >= 0.3 is 5.97 Å². The van der Waals surface area contributed by atoms with E-state index < -0.39 is 23.5 Å². The average Bonchev–Trinajstić information content (AvgIpc) is 2.95. The SMILES string of the molecule is CCc1oc(C(=O)NCCc2ccc(F)c(F)c2)cc1C(=O)O. The second-order valence-electron chi connectivity index (χ2n) is 4.86. The van der Waals surface area contributed by atoms with Crippen LogP contribution in [-0.4, -0.2) is 23.5 Å². The summed E-state index contributed by atoms with van der Waals surface area (Å²) in [5, 5.41) is 11.6. The maximum atomic E-state index is 13.1. The van der Waals surface area contributed by atoms with Crippen LogP contribution in [0.5, 0.6) is 0 Å². The minimum absolute atomic E-state index is 0.0433. The maximum absolute atomic E-state index is 13.1. The summed E-state index contributed by atoms with van der Waals surface area (Å²) in [5.41, 5.74) is 0.488. The Hall–Kier alpha value is -2.70. The van der Waals surface area contributed by atoms with E-state index >= 15 is 0 Å². The van der Waals surface area contributed by atoms with Crippen LogP contribution in [-0.2, 0) is 12.8 Å². The summed E-state index contributed by atoms with van der Waals surface area (Å²) in [5.74, 6) is -3.46. The number of amides is 1. The molecule has 0 bridgehead atoms. The Kier molecular flexibility index (Phi) is 5.10. The predicted molar refractivity (Wildman–Crippen MR) is 77.4 cm³/mol. The smallest absolute Gasteiger partial charge is 0.339 e. The third-order valence-electron chi connectivity index (χ3n) is 3.27. The summed E-state index contributed by atoms with van der Waals surface area (Å²) < 4.78 is 31.1. The number of carboxylic acids is 1. The third-order valence-corrected chi connectivity index (χ3v) is 3.27. The molecule has 0 unspecified atom stereocenters. The number of hydrogen-bond acceptors (Lipinski definition) is 3. The van der Waals surface area contributed by atoms with Crippen molar-refractivity contribution in [3.63, 3.8) is 0 Å². The molecular weight excluding hydrogens is 308 g/mol. The molecule has 0 saturated heterocycles. The van der Waals surface area contributed by atoms with Crippen molar-refractivity contribution in [3.05, 3.63) is 58.5 Å². The number of furan rings is 1. The Bertz CT molecular complexity index is 740. The van der Waals surface area contributed by atoms with Crippen molar-refractivity contribution in [3.8, 4) is 0 Å². The van der Waals surface area contributed by atoms with Gasteiger partial charge in [0.05, 0.1) is 0 Å². The number of aryl methyl sites for hydroxylation is 1. The van der Waals surface area contributed by atoms with E-state index in [4.69, 9.17) is 9.52 Å². The predicted octanol–water partition coefficient (Wildman–Crippen LogP) is 2.79. The lowest BCUT2D eigenvalue weighted by Crippen LogP contribution is -2.25. The van der Waals surface area contributed by atoms with E-state index in [1.165, 1.54) is 12.1 Å². The van der Waals surface area contributed by atoms with Crippen LogP contribution in [0.1, 0.15) is 39.2 Å². The molecule has 1 heterocycles. The lowest BCUT2D eigenvalue weighted by atomic mass is 10.1. The van der Waals surface area contributed by atoms with E-state index in [1.54, 1.807) is 6.92 Å². The van der Waals surface area contributed by atoms with Gasteiger partial charge < -0.3 is 14.8 Å². The van der Waals surface area contributed by atoms with E-state index in [0.29, 0.717) is 18.4 Å². The Labute approximate surface area is 130 Å². The Balaban J connectivity index is 1.97. The van der Waals surface area contributed by atoms with Gasteiger partial charge in [0.2, 0.25) is 0 Å². The van der Waals surface area contributed by atoms with Gasteiger partial charge in [0.25, 0.3) is 5.91 Å². The summed E-state index contributed by atoms with van der Waals surface area (Å²) in [6, 6.07) is 4.68. The van der Waals surface area contributed by atoms with E-state index in [9.17, 15) is 18.4 Å². The molecule has 0 atom stereocenters. The molecule has 7 heteroatoms. The van der Waals surface area contributed by atoms with Crippen molar-refractivity contribution in [1.29, 1.82) is 0 Å². The van der Waals surface area contributed by atoms with Gasteiger partial charge in [0, 0.05) is 19.0 Å². The minimum atomic E-state index is -1.16. The molecule has 1 aromatic heterocycles. The van der Waals surface area contributed by atoms with Crippen LogP contribution < -0.4 is 5.32 Å². The second kappa shape index (κ2) is 7.04. The highest BCUT2D eigenvalue weighted by Crippen LogP contribution is 2.16. The molecule has 0 aliphatic carbocycles. The van der Waals surface area contributed by atoms with Crippen molar-refractivity contribution in [1.82, 2.24) is 5.32 Å². The highest BCUT2D eigenvalue weighted by Gasteiger charge is 2.19. The van der Waals surface area contributed by atoms with Gasteiger partial charge in [0.15, 0.2) is 17.4 Å². The molecule has 1 aromatic carbocycles. The van der Waals surface area contributed by atoms with Gasteiger partial charge in [0.1, 0.15) is 11.3 Å². The molecule has 2 N–H and O–H groups in total. The molecule has 5 nitrogen and oxygen atoms in total. The molecule has 0 spiro atoms. The van der Waals surface area contributed by atoms with Crippen LogP contribution >= 0.6 is 0 Å². The van der Waals surface area contributed by atoms with Gasteiger partial charge in [-0.2, -0.15) is 0 Å². The zero-order valence-electron chi connectivity index (χ0n) is 12.4. The quantitative estimate of drug-likeness (QED) is 0.857. The molecule has 0 radical (unpaired) electrons. The first-order chi connectivity index (χ1) is 10.9. The number of carboxylic acid groups (broad SMARTS) is 1. The van der Waals surface area contributed by atoms with Crippen LogP contribution in [0.25, 0.3) is 0 Å². The molecule has 0 aliphatic rings. The molecule has 23 heavy (non-hydrogen) atoms. The van der Waals surface area contributed by atoms with Crippen LogP contribution in [0.15, 0.2) is 28.7 Å². The van der Waals surface area contributed by atoms with Crippen LogP contribution in [0.4, 0.5) is 8.78 Å². The first kappa shape index (κ1) is 16.7. The highest BCUT2D eigenvalue weighted by atomic mass is 19.2. The molecule has 2 aromatic rings. The molecule has 0 saturated carbocycles. The molecule has 0 aliphatic heterocycles. The Morgan fingerprint density at radius 2 is 1.96 bits per heavy atom. The fourth-order valence-electron chi connectivity index (χ4n) is 2.09. The number of benzene rings is 1. The number of nitrogens with one attached hydrogen (secondary N) is 1. The number of rotatable bonds is 6. The lowest BCUT2D eigenvalue weighted by molar-refractivity contribution is 0.0694.